The molecular weight excluding hydrogens is 435 g/mol. The molecule has 2 aromatic rings. The Labute approximate surface area is 190 Å². The van der Waals surface area contributed by atoms with Gasteiger partial charge in [0.2, 0.25) is 11.8 Å². The van der Waals surface area contributed by atoms with Crippen LogP contribution in [-0.4, -0.2) is 59.7 Å². The maximum Gasteiger partial charge on any atom is 0.257 e. The molecule has 3 amide bonds. The first-order valence-electron chi connectivity index (χ1n) is 10.7. The second kappa shape index (κ2) is 10.5. The molecule has 1 N–H and O–H groups in total. The SMILES string of the molecule is CC(C)C(NC(=O)c1c(F)cccc1F)C(=O)N1CCN(C(=O)Cc2ccc(F)cc2)CC1. The molecule has 0 aromatic heterocycles. The monoisotopic (exact) mass is 461 g/mol. The van der Waals surface area contributed by atoms with Crippen LogP contribution in [0.5, 0.6) is 0 Å². The fraction of sp³-hybridized carbons (Fsp3) is 0.375. The van der Waals surface area contributed by atoms with Crippen LogP contribution >= 0.6 is 0 Å². The van der Waals surface area contributed by atoms with E-state index < -0.39 is 29.1 Å². The van der Waals surface area contributed by atoms with Crippen molar-refractivity contribution in [2.24, 2.45) is 5.92 Å². The molecule has 1 aliphatic rings. The van der Waals surface area contributed by atoms with Crippen molar-refractivity contribution in [2.75, 3.05) is 26.2 Å². The maximum atomic E-state index is 14.0. The highest BCUT2D eigenvalue weighted by atomic mass is 19.1. The molecule has 0 bridgehead atoms. The Hall–Kier alpha value is -3.36. The van der Waals surface area contributed by atoms with Gasteiger partial charge < -0.3 is 15.1 Å². The summed E-state index contributed by atoms with van der Waals surface area (Å²) in [6, 6.07) is 7.85. The second-order valence-corrected chi connectivity index (χ2v) is 8.30. The minimum Gasteiger partial charge on any atom is -0.340 e. The summed E-state index contributed by atoms with van der Waals surface area (Å²) in [6.07, 6.45) is 0.132. The van der Waals surface area contributed by atoms with Crippen molar-refractivity contribution in [2.45, 2.75) is 26.3 Å². The first kappa shape index (κ1) is 24.3. The average Bonchev–Trinajstić information content (AvgIpc) is 2.78. The number of rotatable bonds is 6. The summed E-state index contributed by atoms with van der Waals surface area (Å²) in [7, 11) is 0. The van der Waals surface area contributed by atoms with Gasteiger partial charge in [0.05, 0.1) is 6.42 Å². The third-order valence-electron chi connectivity index (χ3n) is 5.62. The zero-order valence-electron chi connectivity index (χ0n) is 18.5. The summed E-state index contributed by atoms with van der Waals surface area (Å²) in [5.41, 5.74) is -0.0324. The molecule has 9 heteroatoms. The minimum absolute atomic E-state index is 0.127. The molecule has 3 rings (SSSR count). The summed E-state index contributed by atoms with van der Waals surface area (Å²) in [5.74, 6) is -4.20. The van der Waals surface area contributed by atoms with Crippen LogP contribution in [0, 0.1) is 23.4 Å². The second-order valence-electron chi connectivity index (χ2n) is 8.30. The number of hydrogen-bond acceptors (Lipinski definition) is 3. The summed E-state index contributed by atoms with van der Waals surface area (Å²) in [6.45, 7) is 4.60. The van der Waals surface area contributed by atoms with Gasteiger partial charge in [0.15, 0.2) is 0 Å². The van der Waals surface area contributed by atoms with Gasteiger partial charge in [0.1, 0.15) is 29.1 Å². The molecule has 176 valence electrons. The van der Waals surface area contributed by atoms with E-state index in [2.05, 4.69) is 5.32 Å². The zero-order chi connectivity index (χ0) is 24.1. The average molecular weight is 461 g/mol. The molecule has 1 atom stereocenters. The van der Waals surface area contributed by atoms with Crippen molar-refractivity contribution in [3.05, 3.63) is 71.0 Å². The molecule has 1 heterocycles. The molecule has 33 heavy (non-hydrogen) atoms. The normalized spacial score (nSPS) is 14.8. The zero-order valence-corrected chi connectivity index (χ0v) is 18.5. The third-order valence-corrected chi connectivity index (χ3v) is 5.62. The summed E-state index contributed by atoms with van der Waals surface area (Å²) >= 11 is 0. The fourth-order valence-corrected chi connectivity index (χ4v) is 3.70. The summed E-state index contributed by atoms with van der Waals surface area (Å²) in [4.78, 5) is 41.2. The van der Waals surface area contributed by atoms with E-state index in [9.17, 15) is 27.6 Å². The number of halogens is 3. The number of carbonyl (C=O) groups is 3. The van der Waals surface area contributed by atoms with Gasteiger partial charge in [-0.3, -0.25) is 14.4 Å². The van der Waals surface area contributed by atoms with Crippen LogP contribution in [0.4, 0.5) is 13.2 Å². The smallest absolute Gasteiger partial charge is 0.257 e. The molecule has 0 saturated carbocycles. The van der Waals surface area contributed by atoms with Gasteiger partial charge in [0.25, 0.3) is 5.91 Å². The molecular formula is C24H26F3N3O3. The standard InChI is InChI=1S/C24H26F3N3O3/c1-15(2)22(28-23(32)21-18(26)4-3-5-19(21)27)24(33)30-12-10-29(11-13-30)20(31)14-16-6-8-17(25)9-7-16/h3-9,15,22H,10-14H2,1-2H3,(H,28,32). The van der Waals surface area contributed by atoms with Gasteiger partial charge in [-0.15, -0.1) is 0 Å². The van der Waals surface area contributed by atoms with Crippen LogP contribution in [0.3, 0.4) is 0 Å². The van der Waals surface area contributed by atoms with Crippen molar-refractivity contribution < 1.29 is 27.6 Å². The molecule has 1 saturated heterocycles. The summed E-state index contributed by atoms with van der Waals surface area (Å²) < 4.78 is 40.9. The van der Waals surface area contributed by atoms with Gasteiger partial charge in [-0.1, -0.05) is 32.0 Å². The van der Waals surface area contributed by atoms with Crippen LogP contribution in [0.2, 0.25) is 0 Å². The number of piperazine rings is 1. The van der Waals surface area contributed by atoms with Crippen molar-refractivity contribution in [1.82, 2.24) is 15.1 Å². The van der Waals surface area contributed by atoms with E-state index in [1.807, 2.05) is 0 Å². The first-order chi connectivity index (χ1) is 15.7. The van der Waals surface area contributed by atoms with E-state index in [1.165, 1.54) is 17.0 Å². The maximum absolute atomic E-state index is 14.0. The number of hydrogen-bond donors (Lipinski definition) is 1. The van der Waals surface area contributed by atoms with Crippen LogP contribution in [0.1, 0.15) is 29.8 Å². The van der Waals surface area contributed by atoms with Crippen molar-refractivity contribution in [3.8, 4) is 0 Å². The molecule has 1 fully saturated rings. The van der Waals surface area contributed by atoms with Crippen LogP contribution < -0.4 is 5.32 Å². The number of benzene rings is 2. The Kier molecular flexibility index (Phi) is 7.73. The topological polar surface area (TPSA) is 69.7 Å². The highest BCUT2D eigenvalue weighted by Crippen LogP contribution is 2.15. The molecule has 1 unspecified atom stereocenters. The van der Waals surface area contributed by atoms with Gasteiger partial charge in [-0.05, 0) is 35.7 Å². The molecule has 1 aliphatic heterocycles. The van der Waals surface area contributed by atoms with E-state index in [4.69, 9.17) is 0 Å². The molecule has 2 aromatic carbocycles. The quantitative estimate of drug-likeness (QED) is 0.719. The van der Waals surface area contributed by atoms with Crippen molar-refractivity contribution in [3.63, 3.8) is 0 Å². The van der Waals surface area contributed by atoms with Crippen molar-refractivity contribution >= 4 is 17.7 Å². The van der Waals surface area contributed by atoms with Gasteiger partial charge in [0, 0.05) is 26.2 Å². The molecule has 0 spiro atoms. The summed E-state index contributed by atoms with van der Waals surface area (Å²) in [5, 5.41) is 2.46. The van der Waals surface area contributed by atoms with Crippen molar-refractivity contribution in [1.29, 1.82) is 0 Å². The number of nitrogens with one attached hydrogen (secondary N) is 1. The predicted molar refractivity (Wildman–Crippen MR) is 116 cm³/mol. The molecule has 0 aliphatic carbocycles. The fourth-order valence-electron chi connectivity index (χ4n) is 3.70. The van der Waals surface area contributed by atoms with E-state index in [0.717, 1.165) is 18.2 Å². The number of nitrogens with zero attached hydrogens (tertiary/aromatic N) is 2. The van der Waals surface area contributed by atoms with Gasteiger partial charge in [-0.25, -0.2) is 13.2 Å². The minimum atomic E-state index is -1.00. The Morgan fingerprint density at radius 1 is 0.879 bits per heavy atom. The lowest BCUT2D eigenvalue weighted by Crippen LogP contribution is -2.57. The number of carbonyl (C=O) groups excluding carboxylic acids is 3. The van der Waals surface area contributed by atoms with Crippen LogP contribution in [0.25, 0.3) is 0 Å². The largest absolute Gasteiger partial charge is 0.340 e. The lowest BCUT2D eigenvalue weighted by molar-refractivity contribution is -0.141. The van der Waals surface area contributed by atoms with E-state index in [1.54, 1.807) is 30.9 Å². The molecule has 6 nitrogen and oxygen atoms in total. The van der Waals surface area contributed by atoms with Crippen LogP contribution in [0.15, 0.2) is 42.5 Å². The number of amides is 3. The van der Waals surface area contributed by atoms with Crippen LogP contribution in [-0.2, 0) is 16.0 Å². The molecule has 0 radical (unpaired) electrons. The lowest BCUT2D eigenvalue weighted by Gasteiger charge is -2.37. The third kappa shape index (κ3) is 5.91. The Bertz CT molecular complexity index is 999. The van der Waals surface area contributed by atoms with E-state index in [-0.39, 0.29) is 43.1 Å². The highest BCUT2D eigenvalue weighted by molar-refractivity contribution is 5.98. The van der Waals surface area contributed by atoms with Gasteiger partial charge in [-0.2, -0.15) is 0 Å². The van der Waals surface area contributed by atoms with E-state index >= 15 is 0 Å². The Morgan fingerprint density at radius 2 is 1.42 bits per heavy atom. The predicted octanol–water partition coefficient (Wildman–Crippen LogP) is 2.77. The Balaban J connectivity index is 1.59. The van der Waals surface area contributed by atoms with E-state index in [0.29, 0.717) is 18.7 Å². The van der Waals surface area contributed by atoms with Gasteiger partial charge >= 0.3 is 0 Å². The lowest BCUT2D eigenvalue weighted by atomic mass is 10.0. The Morgan fingerprint density at radius 3 is 1.97 bits per heavy atom. The highest BCUT2D eigenvalue weighted by Gasteiger charge is 2.32. The first-order valence-corrected chi connectivity index (χ1v) is 10.7.